The molecular formula is C30H35N7O3S. The van der Waals surface area contributed by atoms with E-state index in [-0.39, 0.29) is 10.8 Å². The standard InChI is InChI=1S/C30H35N7O3S/c1-34-17-19-36(20-18-34)29(38)23-13-15-35(16-14-23)25-7-5-24(6-8-25)32-30-31-21-26-9-12-28(37(26)33-30)22-3-10-27(11-4-22)41(2,39)40/h3-12,21,23H,13-20H2,1-2H3,(H,32,33). The number of amides is 1. The number of anilines is 3. The van der Waals surface area contributed by atoms with E-state index in [1.54, 1.807) is 35.0 Å². The first-order valence-electron chi connectivity index (χ1n) is 14.0. The van der Waals surface area contributed by atoms with Crippen LogP contribution in [0.25, 0.3) is 16.8 Å². The van der Waals surface area contributed by atoms with Gasteiger partial charge in [-0.1, -0.05) is 12.1 Å². The number of aromatic nitrogens is 3. The van der Waals surface area contributed by atoms with Crippen LogP contribution < -0.4 is 10.2 Å². The van der Waals surface area contributed by atoms with Gasteiger partial charge in [0, 0.05) is 68.4 Å². The second-order valence-corrected chi connectivity index (χ2v) is 13.0. The molecule has 11 heteroatoms. The maximum absolute atomic E-state index is 13.0. The molecule has 10 nitrogen and oxygen atoms in total. The molecule has 1 amide bonds. The average Bonchev–Trinajstić information content (AvgIpc) is 3.41. The number of piperidine rings is 1. The molecule has 0 radical (unpaired) electrons. The number of rotatable bonds is 6. The van der Waals surface area contributed by atoms with Crippen LogP contribution in [0, 0.1) is 5.92 Å². The van der Waals surface area contributed by atoms with Crippen molar-refractivity contribution in [2.24, 2.45) is 5.92 Å². The normalized spacial score (nSPS) is 17.2. The fourth-order valence-corrected chi connectivity index (χ4v) is 6.24. The maximum Gasteiger partial charge on any atom is 0.245 e. The van der Waals surface area contributed by atoms with Crippen LogP contribution in [0.1, 0.15) is 12.8 Å². The summed E-state index contributed by atoms with van der Waals surface area (Å²) in [5.41, 5.74) is 4.56. The molecule has 1 N–H and O–H groups in total. The monoisotopic (exact) mass is 573 g/mol. The van der Waals surface area contributed by atoms with Crippen LogP contribution in [-0.2, 0) is 14.6 Å². The Bertz CT molecular complexity index is 1640. The molecule has 2 saturated heterocycles. The van der Waals surface area contributed by atoms with E-state index in [9.17, 15) is 13.2 Å². The van der Waals surface area contributed by atoms with Gasteiger partial charge in [-0.3, -0.25) is 4.79 Å². The van der Waals surface area contributed by atoms with E-state index in [2.05, 4.69) is 44.4 Å². The molecule has 0 spiro atoms. The predicted molar refractivity (Wildman–Crippen MR) is 160 cm³/mol. The number of nitrogens with one attached hydrogen (secondary N) is 1. The Kier molecular flexibility index (Phi) is 7.39. The van der Waals surface area contributed by atoms with E-state index in [1.165, 1.54) is 6.26 Å². The van der Waals surface area contributed by atoms with Crippen LogP contribution in [0.15, 0.2) is 71.8 Å². The summed E-state index contributed by atoms with van der Waals surface area (Å²) in [6, 6.07) is 18.9. The van der Waals surface area contributed by atoms with E-state index in [1.807, 2.05) is 29.2 Å². The van der Waals surface area contributed by atoms with Gasteiger partial charge in [0.2, 0.25) is 11.9 Å². The highest BCUT2D eigenvalue weighted by atomic mass is 32.2. The quantitative estimate of drug-likeness (QED) is 0.374. The number of benzene rings is 2. The van der Waals surface area contributed by atoms with Gasteiger partial charge in [0.15, 0.2) is 9.84 Å². The molecular weight excluding hydrogens is 538 g/mol. The lowest BCUT2D eigenvalue weighted by molar-refractivity contribution is -0.137. The summed E-state index contributed by atoms with van der Waals surface area (Å²) >= 11 is 0. The fourth-order valence-electron chi connectivity index (χ4n) is 5.60. The first-order chi connectivity index (χ1) is 19.7. The van der Waals surface area contributed by atoms with Crippen molar-refractivity contribution in [3.63, 3.8) is 0 Å². The lowest BCUT2D eigenvalue weighted by Gasteiger charge is -2.38. The van der Waals surface area contributed by atoms with E-state index in [0.717, 1.165) is 80.3 Å². The molecule has 0 unspecified atom stereocenters. The molecule has 6 rings (SSSR count). The van der Waals surface area contributed by atoms with Gasteiger partial charge >= 0.3 is 0 Å². The third kappa shape index (κ3) is 5.91. The van der Waals surface area contributed by atoms with Crippen LogP contribution in [-0.4, -0.2) is 91.3 Å². The molecule has 0 bridgehead atoms. The summed E-state index contributed by atoms with van der Waals surface area (Å²) in [5.74, 6) is 0.906. The van der Waals surface area contributed by atoms with Crippen molar-refractivity contribution in [3.8, 4) is 11.3 Å². The van der Waals surface area contributed by atoms with E-state index < -0.39 is 9.84 Å². The van der Waals surface area contributed by atoms with Crippen LogP contribution in [0.5, 0.6) is 0 Å². The first-order valence-corrected chi connectivity index (χ1v) is 15.9. The van der Waals surface area contributed by atoms with Gasteiger partial charge in [0.1, 0.15) is 0 Å². The molecule has 4 aromatic rings. The lowest BCUT2D eigenvalue weighted by Crippen LogP contribution is -2.50. The minimum Gasteiger partial charge on any atom is -0.371 e. The Morgan fingerprint density at radius 3 is 2.22 bits per heavy atom. The van der Waals surface area contributed by atoms with E-state index in [4.69, 9.17) is 0 Å². The average molecular weight is 574 g/mol. The summed E-state index contributed by atoms with van der Waals surface area (Å²) < 4.78 is 25.4. The van der Waals surface area contributed by atoms with Crippen LogP contribution >= 0.6 is 0 Å². The molecule has 4 heterocycles. The first kappa shape index (κ1) is 27.2. The zero-order chi connectivity index (χ0) is 28.6. The van der Waals surface area contributed by atoms with Crippen LogP contribution in [0.3, 0.4) is 0 Å². The van der Waals surface area contributed by atoms with Gasteiger partial charge in [0.25, 0.3) is 0 Å². The zero-order valence-electron chi connectivity index (χ0n) is 23.4. The summed E-state index contributed by atoms with van der Waals surface area (Å²) in [4.78, 5) is 24.4. The number of carbonyl (C=O) groups is 1. The number of fused-ring (bicyclic) bond motifs is 1. The SMILES string of the molecule is CN1CCN(C(=O)C2CCN(c3ccc(Nc4ncc5ccc(-c6ccc(S(C)(=O)=O)cc6)n5n4)cc3)CC2)CC1. The Labute approximate surface area is 240 Å². The number of carbonyl (C=O) groups excluding carboxylic acids is 1. The van der Waals surface area contributed by atoms with Crippen molar-refractivity contribution < 1.29 is 13.2 Å². The van der Waals surface area contributed by atoms with E-state index in [0.29, 0.717) is 11.9 Å². The van der Waals surface area contributed by atoms with Crippen molar-refractivity contribution in [2.45, 2.75) is 17.7 Å². The minimum atomic E-state index is -3.26. The smallest absolute Gasteiger partial charge is 0.245 e. The molecule has 2 fully saturated rings. The Balaban J connectivity index is 1.09. The molecule has 0 saturated carbocycles. The minimum absolute atomic E-state index is 0.124. The number of sulfone groups is 1. The summed E-state index contributed by atoms with van der Waals surface area (Å²) in [7, 11) is -1.15. The number of likely N-dealkylation sites (N-methyl/N-ethyl adjacent to an activating group) is 1. The Morgan fingerprint density at radius 1 is 0.878 bits per heavy atom. The number of nitrogens with zero attached hydrogens (tertiary/aromatic N) is 6. The second kappa shape index (κ2) is 11.1. The van der Waals surface area contributed by atoms with Gasteiger partial charge in [-0.15, -0.1) is 5.10 Å². The second-order valence-electron chi connectivity index (χ2n) is 11.0. The largest absolute Gasteiger partial charge is 0.371 e. The summed E-state index contributed by atoms with van der Waals surface area (Å²) in [6.45, 7) is 5.33. The van der Waals surface area contributed by atoms with Crippen LogP contribution in [0.4, 0.5) is 17.3 Å². The highest BCUT2D eigenvalue weighted by Crippen LogP contribution is 2.28. The summed E-state index contributed by atoms with van der Waals surface area (Å²) in [6.07, 6.45) is 4.73. The van der Waals surface area contributed by atoms with Gasteiger partial charge in [0.05, 0.1) is 22.3 Å². The number of piperazine rings is 1. The van der Waals surface area contributed by atoms with Gasteiger partial charge in [-0.05, 0) is 68.4 Å². The van der Waals surface area contributed by atoms with Crippen molar-refractivity contribution in [3.05, 3.63) is 66.9 Å². The van der Waals surface area contributed by atoms with E-state index >= 15 is 0 Å². The number of hydrogen-bond acceptors (Lipinski definition) is 8. The molecule has 0 aliphatic carbocycles. The lowest BCUT2D eigenvalue weighted by atomic mass is 9.94. The van der Waals surface area contributed by atoms with Crippen molar-refractivity contribution in [1.82, 2.24) is 24.4 Å². The maximum atomic E-state index is 13.0. The number of hydrogen-bond donors (Lipinski definition) is 1. The summed E-state index contributed by atoms with van der Waals surface area (Å²) in [5, 5.41) is 7.98. The third-order valence-corrected chi connectivity index (χ3v) is 9.25. The molecule has 0 atom stereocenters. The zero-order valence-corrected chi connectivity index (χ0v) is 24.2. The van der Waals surface area contributed by atoms with Gasteiger partial charge < -0.3 is 20.0 Å². The molecule has 2 aromatic carbocycles. The van der Waals surface area contributed by atoms with Crippen molar-refractivity contribution in [1.29, 1.82) is 0 Å². The molecule has 2 aliphatic rings. The van der Waals surface area contributed by atoms with Crippen molar-refractivity contribution in [2.75, 3.05) is 62.8 Å². The van der Waals surface area contributed by atoms with Gasteiger partial charge in [-0.25, -0.2) is 17.9 Å². The predicted octanol–water partition coefficient (Wildman–Crippen LogP) is 3.53. The molecule has 214 valence electrons. The Morgan fingerprint density at radius 2 is 1.56 bits per heavy atom. The molecule has 2 aromatic heterocycles. The molecule has 41 heavy (non-hydrogen) atoms. The van der Waals surface area contributed by atoms with Crippen molar-refractivity contribution >= 4 is 38.6 Å². The topological polar surface area (TPSA) is 103 Å². The highest BCUT2D eigenvalue weighted by molar-refractivity contribution is 7.90. The highest BCUT2D eigenvalue weighted by Gasteiger charge is 2.30. The third-order valence-electron chi connectivity index (χ3n) is 8.12. The molecule has 2 aliphatic heterocycles. The van der Waals surface area contributed by atoms with Crippen LogP contribution in [0.2, 0.25) is 0 Å². The fraction of sp³-hybridized carbons (Fsp3) is 0.367. The van der Waals surface area contributed by atoms with Gasteiger partial charge in [-0.2, -0.15) is 0 Å². The Hall–Kier alpha value is -3.96.